The predicted octanol–water partition coefficient (Wildman–Crippen LogP) is 3.76. The third-order valence-corrected chi connectivity index (χ3v) is 4.94. The first-order valence-corrected chi connectivity index (χ1v) is 8.54. The van der Waals surface area contributed by atoms with Crippen LogP contribution in [0.3, 0.4) is 0 Å². The van der Waals surface area contributed by atoms with Crippen LogP contribution in [-0.2, 0) is 20.5 Å². The van der Waals surface area contributed by atoms with Crippen molar-refractivity contribution in [3.63, 3.8) is 0 Å². The van der Waals surface area contributed by atoms with Gasteiger partial charge >= 0.3 is 7.12 Å². The molecule has 0 radical (unpaired) electrons. The van der Waals surface area contributed by atoms with Gasteiger partial charge in [0.2, 0.25) is 0 Å². The van der Waals surface area contributed by atoms with Gasteiger partial charge in [0.15, 0.2) is 0 Å². The Labute approximate surface area is 145 Å². The fourth-order valence-electron chi connectivity index (χ4n) is 2.49. The lowest BCUT2D eigenvalue weighted by Gasteiger charge is -2.32. The van der Waals surface area contributed by atoms with Crippen molar-refractivity contribution >= 4 is 31.6 Å². The molecule has 23 heavy (non-hydrogen) atoms. The Morgan fingerprint density at radius 3 is 2.26 bits per heavy atom. The molecule has 0 saturated carbocycles. The summed E-state index contributed by atoms with van der Waals surface area (Å²) in [5.41, 5.74) is 2.23. The van der Waals surface area contributed by atoms with Gasteiger partial charge in [0, 0.05) is 12.2 Å². The number of benzene rings is 1. The summed E-state index contributed by atoms with van der Waals surface area (Å²) in [5.74, 6) is 0.680. The van der Waals surface area contributed by atoms with Crippen molar-refractivity contribution in [3.8, 4) is 0 Å². The van der Waals surface area contributed by atoms with Crippen LogP contribution in [0.5, 0.6) is 0 Å². The molecule has 0 atom stereocenters. The quantitative estimate of drug-likeness (QED) is 0.659. The van der Waals surface area contributed by atoms with Gasteiger partial charge in [-0.15, -0.1) is 0 Å². The van der Waals surface area contributed by atoms with Crippen molar-refractivity contribution in [2.45, 2.75) is 52.2 Å². The van der Waals surface area contributed by atoms with Crippen molar-refractivity contribution in [3.05, 3.63) is 40.9 Å². The van der Waals surface area contributed by atoms with Crippen molar-refractivity contribution < 1.29 is 14.1 Å². The average molecular weight is 332 g/mol. The SMILES string of the molecule is CC(=O)Cc1ccccc1C=C(CS)B1OC(C)(C)C(C)(C)O1. The molecule has 124 valence electrons. The molecule has 0 spiro atoms. The zero-order valence-corrected chi connectivity index (χ0v) is 15.4. The summed E-state index contributed by atoms with van der Waals surface area (Å²) in [6.45, 7) is 9.74. The molecule has 3 nitrogen and oxygen atoms in total. The lowest BCUT2D eigenvalue weighted by atomic mass is 9.78. The van der Waals surface area contributed by atoms with E-state index in [-0.39, 0.29) is 17.0 Å². The first-order valence-electron chi connectivity index (χ1n) is 7.90. The minimum absolute atomic E-state index is 0.147. The summed E-state index contributed by atoms with van der Waals surface area (Å²) in [6.07, 6.45) is 2.46. The third kappa shape index (κ3) is 4.08. The third-order valence-electron chi connectivity index (χ3n) is 4.57. The van der Waals surface area contributed by atoms with E-state index in [1.165, 1.54) is 0 Å². The molecule has 1 aliphatic heterocycles. The Morgan fingerprint density at radius 1 is 1.17 bits per heavy atom. The van der Waals surface area contributed by atoms with Crippen molar-refractivity contribution in [2.75, 3.05) is 5.75 Å². The fraction of sp³-hybridized carbons (Fsp3) is 0.500. The highest BCUT2D eigenvalue weighted by atomic mass is 32.1. The average Bonchev–Trinajstić information content (AvgIpc) is 2.65. The molecule has 0 unspecified atom stereocenters. The number of Topliss-reactive ketones (excluding diaryl/α,β-unsaturated/α-hetero) is 1. The van der Waals surface area contributed by atoms with Gasteiger partial charge in [0.1, 0.15) is 5.78 Å². The molecule has 5 heteroatoms. The molecule has 0 N–H and O–H groups in total. The van der Waals surface area contributed by atoms with Crippen molar-refractivity contribution in [1.82, 2.24) is 0 Å². The van der Waals surface area contributed by atoms with Gasteiger partial charge in [0.25, 0.3) is 0 Å². The second kappa shape index (κ2) is 6.84. The monoisotopic (exact) mass is 332 g/mol. The van der Waals surface area contributed by atoms with Crippen LogP contribution in [0.2, 0.25) is 0 Å². The van der Waals surface area contributed by atoms with E-state index in [0.29, 0.717) is 12.2 Å². The Bertz CT molecular complexity index is 606. The van der Waals surface area contributed by atoms with Gasteiger partial charge in [-0.3, -0.25) is 4.79 Å². The summed E-state index contributed by atoms with van der Waals surface area (Å²) >= 11 is 4.44. The van der Waals surface area contributed by atoms with Crippen LogP contribution in [-0.4, -0.2) is 29.9 Å². The van der Waals surface area contributed by atoms with E-state index < -0.39 is 7.12 Å². The largest absolute Gasteiger partial charge is 0.491 e. The summed E-state index contributed by atoms with van der Waals surface area (Å²) < 4.78 is 12.2. The first-order chi connectivity index (χ1) is 10.7. The minimum atomic E-state index is -0.414. The zero-order chi connectivity index (χ0) is 17.3. The molecule has 1 aliphatic rings. The van der Waals surface area contributed by atoms with E-state index in [1.54, 1.807) is 6.92 Å². The minimum Gasteiger partial charge on any atom is -0.400 e. The van der Waals surface area contributed by atoms with E-state index in [1.807, 2.05) is 58.0 Å². The standard InChI is InChI=1S/C18H25BO3S/c1-13(20)10-14-8-6-7-9-15(14)11-16(12-23)19-21-17(2,3)18(4,5)22-19/h6-9,11,23H,10,12H2,1-5H3. The van der Waals surface area contributed by atoms with E-state index in [9.17, 15) is 4.79 Å². The molecule has 0 bridgehead atoms. The zero-order valence-electron chi connectivity index (χ0n) is 14.6. The maximum atomic E-state index is 11.5. The Balaban J connectivity index is 2.32. The number of ketones is 1. The van der Waals surface area contributed by atoms with Crippen molar-refractivity contribution in [2.24, 2.45) is 0 Å². The molecular weight excluding hydrogens is 307 g/mol. The van der Waals surface area contributed by atoms with E-state index in [0.717, 1.165) is 16.6 Å². The van der Waals surface area contributed by atoms with Gasteiger partial charge in [-0.1, -0.05) is 30.3 Å². The second-order valence-corrected chi connectivity index (χ2v) is 7.36. The number of thiol groups is 1. The smallest absolute Gasteiger partial charge is 0.400 e. The van der Waals surface area contributed by atoms with Crippen LogP contribution >= 0.6 is 12.6 Å². The number of rotatable bonds is 5. The number of carbonyl (C=O) groups excluding carboxylic acids is 1. The predicted molar refractivity (Wildman–Crippen MR) is 98.7 cm³/mol. The highest BCUT2D eigenvalue weighted by molar-refractivity contribution is 7.80. The van der Waals surface area contributed by atoms with Crippen LogP contribution in [0, 0.1) is 0 Å². The normalized spacial score (nSPS) is 19.9. The molecule has 0 amide bonds. The molecule has 0 aromatic heterocycles. The van der Waals surface area contributed by atoms with Crippen molar-refractivity contribution in [1.29, 1.82) is 0 Å². The number of hydrogen-bond acceptors (Lipinski definition) is 4. The lowest BCUT2D eigenvalue weighted by molar-refractivity contribution is -0.116. The van der Waals surface area contributed by atoms with Crippen LogP contribution in [0.25, 0.3) is 6.08 Å². The topological polar surface area (TPSA) is 35.5 Å². The molecule has 2 rings (SSSR count). The van der Waals surface area contributed by atoms with E-state index in [2.05, 4.69) is 12.6 Å². The molecular formula is C18H25BO3S. The highest BCUT2D eigenvalue weighted by Crippen LogP contribution is 2.39. The van der Waals surface area contributed by atoms with Crippen LogP contribution in [0.4, 0.5) is 0 Å². The van der Waals surface area contributed by atoms with Crippen LogP contribution < -0.4 is 0 Å². The van der Waals surface area contributed by atoms with E-state index in [4.69, 9.17) is 9.31 Å². The summed E-state index contributed by atoms with van der Waals surface area (Å²) in [7, 11) is -0.414. The molecule has 1 saturated heterocycles. The maximum absolute atomic E-state index is 11.5. The molecule has 0 aliphatic carbocycles. The fourth-order valence-corrected chi connectivity index (χ4v) is 2.73. The molecule has 1 heterocycles. The molecule has 1 fully saturated rings. The first kappa shape index (κ1) is 18.3. The lowest BCUT2D eigenvalue weighted by Crippen LogP contribution is -2.41. The van der Waals surface area contributed by atoms with Crippen LogP contribution in [0.1, 0.15) is 45.7 Å². The van der Waals surface area contributed by atoms with Gasteiger partial charge in [-0.25, -0.2) is 0 Å². The molecule has 1 aromatic rings. The Morgan fingerprint density at radius 2 is 1.74 bits per heavy atom. The maximum Gasteiger partial charge on any atom is 0.491 e. The van der Waals surface area contributed by atoms with Gasteiger partial charge < -0.3 is 9.31 Å². The van der Waals surface area contributed by atoms with Gasteiger partial charge in [0.05, 0.1) is 11.2 Å². The highest BCUT2D eigenvalue weighted by Gasteiger charge is 2.52. The molecule has 1 aromatic carbocycles. The van der Waals surface area contributed by atoms with Crippen LogP contribution in [0.15, 0.2) is 29.7 Å². The Kier molecular flexibility index (Phi) is 5.44. The summed E-state index contributed by atoms with van der Waals surface area (Å²) in [5, 5.41) is 0. The Hall–Kier alpha value is -1.04. The van der Waals surface area contributed by atoms with E-state index >= 15 is 0 Å². The summed E-state index contributed by atoms with van der Waals surface area (Å²) in [6, 6.07) is 7.90. The van der Waals surface area contributed by atoms with Gasteiger partial charge in [-0.05, 0) is 51.2 Å². The number of hydrogen-bond donors (Lipinski definition) is 1. The van der Waals surface area contributed by atoms with Gasteiger partial charge in [-0.2, -0.15) is 12.6 Å². The second-order valence-electron chi connectivity index (χ2n) is 7.04. The summed E-state index contributed by atoms with van der Waals surface area (Å²) in [4.78, 5) is 11.5. The number of carbonyl (C=O) groups is 1.